The number of nitrogen functional groups attached to an aromatic ring is 2. The van der Waals surface area contributed by atoms with Gasteiger partial charge in [-0.2, -0.15) is 15.0 Å². The molecule has 0 bridgehead atoms. The van der Waals surface area contributed by atoms with E-state index in [4.69, 9.17) is 26.8 Å². The zero-order valence-electron chi connectivity index (χ0n) is 8.46. The van der Waals surface area contributed by atoms with Crippen LogP contribution in [0.3, 0.4) is 0 Å². The van der Waals surface area contributed by atoms with Crippen LogP contribution in [0.15, 0.2) is 0 Å². The molecule has 1 aromatic rings. The molecular weight excluding hydrogens is 216 g/mol. The van der Waals surface area contributed by atoms with Gasteiger partial charge in [0.2, 0.25) is 17.8 Å². The van der Waals surface area contributed by atoms with Crippen LogP contribution in [-0.2, 0) is 0 Å². The van der Waals surface area contributed by atoms with Crippen molar-refractivity contribution in [1.29, 1.82) is 0 Å². The van der Waals surface area contributed by atoms with Crippen LogP contribution in [0.25, 0.3) is 0 Å². The van der Waals surface area contributed by atoms with E-state index in [0.717, 1.165) is 0 Å². The smallest absolute Gasteiger partial charge is 0.275 e. The molecule has 0 saturated heterocycles. The van der Waals surface area contributed by atoms with Gasteiger partial charge in [0.05, 0.1) is 0 Å². The second-order valence-corrected chi connectivity index (χ2v) is 3.18. The van der Waals surface area contributed by atoms with Crippen LogP contribution in [0, 0.1) is 0 Å². The molecule has 9 nitrogen and oxygen atoms in total. The van der Waals surface area contributed by atoms with E-state index in [2.05, 4.69) is 20.3 Å². The molecule has 0 aliphatic carbocycles. The minimum Gasteiger partial charge on any atom is -0.368 e. The molecule has 0 atom stereocenters. The Morgan fingerprint density at radius 3 is 2.12 bits per heavy atom. The van der Waals surface area contributed by atoms with Crippen LogP contribution >= 0.6 is 0 Å². The Bertz CT molecular complexity index is 332. The fourth-order valence-corrected chi connectivity index (χ4v) is 1.01. The predicted molar refractivity (Wildman–Crippen MR) is 55.8 cm³/mol. The largest absolute Gasteiger partial charge is 0.368 e. The second-order valence-electron chi connectivity index (χ2n) is 3.18. The Morgan fingerprint density at radius 1 is 1.06 bits per heavy atom. The van der Waals surface area contributed by atoms with Crippen molar-refractivity contribution >= 4 is 17.8 Å². The number of nitrogens with two attached hydrogens (primary N) is 2. The van der Waals surface area contributed by atoms with E-state index in [1.165, 1.54) is 0 Å². The Kier molecular flexibility index (Phi) is 3.77. The van der Waals surface area contributed by atoms with Crippen LogP contribution in [-0.4, -0.2) is 42.8 Å². The zero-order chi connectivity index (χ0) is 12.2. The van der Waals surface area contributed by atoms with E-state index in [9.17, 15) is 0 Å². The summed E-state index contributed by atoms with van der Waals surface area (Å²) >= 11 is 0. The first-order valence-electron chi connectivity index (χ1n) is 4.55. The Morgan fingerprint density at radius 2 is 1.62 bits per heavy atom. The minimum atomic E-state index is -2.65. The molecule has 0 unspecified atom stereocenters. The summed E-state index contributed by atoms with van der Waals surface area (Å²) in [6.45, 7) is 0.326. The summed E-state index contributed by atoms with van der Waals surface area (Å²) in [4.78, 5) is 11.1. The van der Waals surface area contributed by atoms with E-state index < -0.39 is 5.97 Å². The molecule has 9 heteroatoms. The second kappa shape index (κ2) is 4.88. The minimum absolute atomic E-state index is 0.00387. The maximum absolute atomic E-state index is 8.61. The van der Waals surface area contributed by atoms with E-state index in [0.29, 0.717) is 13.0 Å². The van der Waals surface area contributed by atoms with Crippen molar-refractivity contribution in [2.75, 3.05) is 23.3 Å². The molecule has 0 aliphatic rings. The number of aliphatic hydroxyl groups is 3. The van der Waals surface area contributed by atoms with Gasteiger partial charge in [0, 0.05) is 13.0 Å². The van der Waals surface area contributed by atoms with Crippen molar-refractivity contribution in [2.45, 2.75) is 18.8 Å². The number of anilines is 3. The summed E-state index contributed by atoms with van der Waals surface area (Å²) in [5, 5.41) is 28.6. The number of nitrogens with one attached hydrogen (secondary N) is 1. The van der Waals surface area contributed by atoms with E-state index in [1.807, 2.05) is 0 Å². The molecule has 0 fully saturated rings. The molecule has 0 radical (unpaired) electrons. The number of rotatable bonds is 5. The highest BCUT2D eigenvalue weighted by Gasteiger charge is 2.16. The summed E-state index contributed by atoms with van der Waals surface area (Å²) in [5.41, 5.74) is 10.7. The zero-order valence-corrected chi connectivity index (χ0v) is 8.46. The molecule has 90 valence electrons. The fraction of sp³-hybridized carbons (Fsp3) is 0.571. The van der Waals surface area contributed by atoms with Gasteiger partial charge < -0.3 is 32.1 Å². The van der Waals surface area contributed by atoms with E-state index >= 15 is 0 Å². The summed E-state index contributed by atoms with van der Waals surface area (Å²) < 4.78 is 0. The third kappa shape index (κ3) is 4.68. The predicted octanol–water partition coefficient (Wildman–Crippen LogP) is -2.14. The van der Waals surface area contributed by atoms with Crippen LogP contribution < -0.4 is 16.8 Å². The molecular formula is C7H14N6O3. The van der Waals surface area contributed by atoms with Crippen molar-refractivity contribution in [2.24, 2.45) is 0 Å². The van der Waals surface area contributed by atoms with Gasteiger partial charge in [-0.15, -0.1) is 0 Å². The topological polar surface area (TPSA) is 163 Å². The third-order valence-electron chi connectivity index (χ3n) is 1.64. The van der Waals surface area contributed by atoms with Crippen molar-refractivity contribution in [3.63, 3.8) is 0 Å². The molecule has 0 aromatic carbocycles. The van der Waals surface area contributed by atoms with Crippen molar-refractivity contribution in [3.8, 4) is 0 Å². The van der Waals surface area contributed by atoms with Crippen LogP contribution in [0.2, 0.25) is 0 Å². The lowest BCUT2D eigenvalue weighted by Gasteiger charge is -2.13. The molecule has 8 N–H and O–H groups in total. The summed E-state index contributed by atoms with van der Waals surface area (Å²) in [7, 11) is 0. The van der Waals surface area contributed by atoms with Crippen molar-refractivity contribution in [3.05, 3.63) is 0 Å². The SMILES string of the molecule is Nc1nc(N)nc(NCCCC(O)(O)O)n1. The normalized spacial score (nSPS) is 11.4. The third-order valence-corrected chi connectivity index (χ3v) is 1.64. The number of hydrogen-bond acceptors (Lipinski definition) is 9. The van der Waals surface area contributed by atoms with Crippen molar-refractivity contribution < 1.29 is 15.3 Å². The first kappa shape index (κ1) is 12.4. The maximum atomic E-state index is 8.61. The quantitative estimate of drug-likeness (QED) is 0.244. The fourth-order valence-electron chi connectivity index (χ4n) is 1.01. The van der Waals surface area contributed by atoms with Gasteiger partial charge >= 0.3 is 0 Å². The molecule has 0 spiro atoms. The standard InChI is InChI=1S/C7H14N6O3/c8-4-11-5(9)13-6(12-4)10-3-1-2-7(14,15)16/h14-16H,1-3H2,(H5,8,9,10,11,12,13). The van der Waals surface area contributed by atoms with E-state index in [1.54, 1.807) is 0 Å². The summed E-state index contributed by atoms with van der Waals surface area (Å²) in [6.07, 6.45) is 0.102. The van der Waals surface area contributed by atoms with Gasteiger partial charge in [0.25, 0.3) is 5.97 Å². The number of nitrogens with zero attached hydrogens (tertiary/aromatic N) is 3. The van der Waals surface area contributed by atoms with Gasteiger partial charge in [-0.3, -0.25) is 0 Å². The van der Waals surface area contributed by atoms with Crippen LogP contribution in [0.1, 0.15) is 12.8 Å². The molecule has 1 aromatic heterocycles. The van der Waals surface area contributed by atoms with Gasteiger partial charge in [-0.1, -0.05) is 0 Å². The monoisotopic (exact) mass is 230 g/mol. The lowest BCUT2D eigenvalue weighted by atomic mass is 10.3. The van der Waals surface area contributed by atoms with Crippen LogP contribution in [0.5, 0.6) is 0 Å². The molecule has 1 heterocycles. The summed E-state index contributed by atoms with van der Waals surface area (Å²) in [5.74, 6) is -2.46. The lowest BCUT2D eigenvalue weighted by molar-refractivity contribution is -0.314. The van der Waals surface area contributed by atoms with Gasteiger partial charge in [0.15, 0.2) is 0 Å². The first-order valence-corrected chi connectivity index (χ1v) is 4.55. The summed E-state index contributed by atoms with van der Waals surface area (Å²) in [6, 6.07) is 0. The molecule has 0 aliphatic heterocycles. The Balaban J connectivity index is 2.37. The highest BCUT2D eigenvalue weighted by Crippen LogP contribution is 2.06. The van der Waals surface area contributed by atoms with Gasteiger partial charge in [0.1, 0.15) is 0 Å². The van der Waals surface area contributed by atoms with E-state index in [-0.39, 0.29) is 24.3 Å². The number of hydrogen-bond donors (Lipinski definition) is 6. The Hall–Kier alpha value is -1.71. The highest BCUT2D eigenvalue weighted by molar-refractivity contribution is 5.36. The number of aromatic nitrogens is 3. The molecule has 0 saturated carbocycles. The average molecular weight is 230 g/mol. The Labute approximate surface area is 91.2 Å². The maximum Gasteiger partial charge on any atom is 0.275 e. The average Bonchev–Trinajstić information content (AvgIpc) is 2.09. The first-order chi connectivity index (χ1) is 7.37. The van der Waals surface area contributed by atoms with Crippen LogP contribution in [0.4, 0.5) is 17.8 Å². The van der Waals surface area contributed by atoms with Gasteiger partial charge in [-0.05, 0) is 6.42 Å². The highest BCUT2D eigenvalue weighted by atomic mass is 16.7. The van der Waals surface area contributed by atoms with Gasteiger partial charge in [-0.25, -0.2) is 0 Å². The van der Waals surface area contributed by atoms with Crippen molar-refractivity contribution in [1.82, 2.24) is 15.0 Å². The molecule has 16 heavy (non-hydrogen) atoms. The molecule has 1 rings (SSSR count). The lowest BCUT2D eigenvalue weighted by Crippen LogP contribution is -2.27. The molecule has 0 amide bonds.